The molecule has 0 aliphatic heterocycles. The fraction of sp³-hybridized carbons (Fsp3) is 0.0769. The minimum atomic E-state index is -0.520. The lowest BCUT2D eigenvalue weighted by molar-refractivity contribution is -0.384. The third-order valence-electron chi connectivity index (χ3n) is 2.69. The zero-order valence-electron chi connectivity index (χ0n) is 10.2. The van der Waals surface area contributed by atoms with Crippen LogP contribution in [-0.2, 0) is 6.54 Å². The van der Waals surface area contributed by atoms with E-state index < -0.39 is 4.92 Å². The summed E-state index contributed by atoms with van der Waals surface area (Å²) in [7, 11) is 0. The summed E-state index contributed by atoms with van der Waals surface area (Å²) in [6.45, 7) is 0.353. The molecular formula is C13H11ClN2O4. The lowest BCUT2D eigenvalue weighted by Crippen LogP contribution is -2.00. The lowest BCUT2D eigenvalue weighted by Gasteiger charge is -2.09. The van der Waals surface area contributed by atoms with E-state index in [1.807, 2.05) is 0 Å². The molecule has 0 amide bonds. The number of phenols is 2. The molecule has 20 heavy (non-hydrogen) atoms. The zero-order valence-corrected chi connectivity index (χ0v) is 11.0. The molecule has 2 rings (SSSR count). The van der Waals surface area contributed by atoms with Gasteiger partial charge in [-0.1, -0.05) is 17.7 Å². The van der Waals surface area contributed by atoms with E-state index in [0.29, 0.717) is 12.2 Å². The summed E-state index contributed by atoms with van der Waals surface area (Å²) in [5, 5.41) is 32.4. The quantitative estimate of drug-likeness (QED) is 0.457. The van der Waals surface area contributed by atoms with Crippen LogP contribution in [0.3, 0.4) is 0 Å². The third-order valence-corrected chi connectivity index (χ3v) is 3.00. The molecule has 0 radical (unpaired) electrons. The molecule has 0 aliphatic carbocycles. The summed E-state index contributed by atoms with van der Waals surface area (Å²) in [6, 6.07) is 8.56. The van der Waals surface area contributed by atoms with Crippen molar-refractivity contribution in [2.75, 3.05) is 5.32 Å². The summed E-state index contributed by atoms with van der Waals surface area (Å²) in [5.74, 6) is -0.402. The highest BCUT2D eigenvalue weighted by Crippen LogP contribution is 2.28. The minimum Gasteiger partial charge on any atom is -0.504 e. The molecule has 2 aromatic carbocycles. The predicted molar refractivity (Wildman–Crippen MR) is 75.2 cm³/mol. The van der Waals surface area contributed by atoms with Crippen molar-refractivity contribution in [3.63, 3.8) is 0 Å². The van der Waals surface area contributed by atoms with Gasteiger partial charge in [-0.05, 0) is 23.8 Å². The van der Waals surface area contributed by atoms with Gasteiger partial charge in [-0.25, -0.2) is 0 Å². The van der Waals surface area contributed by atoms with Gasteiger partial charge in [0.1, 0.15) is 0 Å². The van der Waals surface area contributed by atoms with Crippen molar-refractivity contribution in [1.82, 2.24) is 0 Å². The highest BCUT2D eigenvalue weighted by Gasteiger charge is 2.09. The lowest BCUT2D eigenvalue weighted by atomic mass is 10.2. The summed E-state index contributed by atoms with van der Waals surface area (Å²) in [6.07, 6.45) is 0. The molecule has 2 aromatic rings. The predicted octanol–water partition coefficient (Wildman–Crippen LogP) is 3.27. The maximum Gasteiger partial charge on any atom is 0.271 e. The van der Waals surface area contributed by atoms with Crippen LogP contribution in [0.15, 0.2) is 36.4 Å². The first-order chi connectivity index (χ1) is 9.47. The van der Waals surface area contributed by atoms with Crippen molar-refractivity contribution < 1.29 is 15.1 Å². The normalized spacial score (nSPS) is 10.2. The Morgan fingerprint density at radius 3 is 2.50 bits per heavy atom. The molecule has 0 fully saturated rings. The van der Waals surface area contributed by atoms with Crippen molar-refractivity contribution in [2.24, 2.45) is 0 Å². The van der Waals surface area contributed by atoms with Crippen molar-refractivity contribution in [3.8, 4) is 11.5 Å². The molecule has 7 heteroatoms. The molecule has 0 bridgehead atoms. The average molecular weight is 295 g/mol. The molecule has 104 valence electrons. The van der Waals surface area contributed by atoms with E-state index >= 15 is 0 Å². The van der Waals surface area contributed by atoms with Crippen LogP contribution in [0.2, 0.25) is 5.02 Å². The highest BCUT2D eigenvalue weighted by molar-refractivity contribution is 6.33. The second-order valence-electron chi connectivity index (χ2n) is 4.10. The Morgan fingerprint density at radius 1 is 1.15 bits per heavy atom. The summed E-state index contributed by atoms with van der Waals surface area (Å²) >= 11 is 5.94. The molecule has 0 atom stereocenters. The Balaban J connectivity index is 2.10. The SMILES string of the molecule is O=[N+]([O-])c1ccc(NCc2ccc(O)c(O)c2)c(Cl)c1. The van der Waals surface area contributed by atoms with Gasteiger partial charge in [-0.2, -0.15) is 0 Å². The number of aromatic hydroxyl groups is 2. The van der Waals surface area contributed by atoms with E-state index in [2.05, 4.69) is 5.32 Å². The molecule has 0 spiro atoms. The maximum atomic E-state index is 10.6. The second kappa shape index (κ2) is 5.66. The zero-order chi connectivity index (χ0) is 14.7. The summed E-state index contributed by atoms with van der Waals surface area (Å²) in [5.41, 5.74) is 1.20. The van der Waals surface area contributed by atoms with Crippen LogP contribution in [0.4, 0.5) is 11.4 Å². The number of anilines is 1. The number of hydrogen-bond acceptors (Lipinski definition) is 5. The van der Waals surface area contributed by atoms with Crippen molar-refractivity contribution in [3.05, 3.63) is 57.1 Å². The molecule has 0 unspecified atom stereocenters. The van der Waals surface area contributed by atoms with Crippen LogP contribution in [0.1, 0.15) is 5.56 Å². The average Bonchev–Trinajstić information content (AvgIpc) is 2.41. The van der Waals surface area contributed by atoms with Crippen molar-refractivity contribution >= 4 is 23.0 Å². The van der Waals surface area contributed by atoms with E-state index in [9.17, 15) is 20.3 Å². The molecule has 3 N–H and O–H groups in total. The first kappa shape index (κ1) is 14.0. The number of hydrogen-bond donors (Lipinski definition) is 3. The molecule has 0 aromatic heterocycles. The number of nitro benzene ring substituents is 1. The Hall–Kier alpha value is -2.47. The smallest absolute Gasteiger partial charge is 0.271 e. The number of nitrogens with one attached hydrogen (secondary N) is 1. The third kappa shape index (κ3) is 3.10. The van der Waals surface area contributed by atoms with Gasteiger partial charge in [0.05, 0.1) is 15.6 Å². The van der Waals surface area contributed by atoms with Gasteiger partial charge in [-0.15, -0.1) is 0 Å². The van der Waals surface area contributed by atoms with Gasteiger partial charge in [0.2, 0.25) is 0 Å². The first-order valence-corrected chi connectivity index (χ1v) is 6.04. The monoisotopic (exact) mass is 294 g/mol. The summed E-state index contributed by atoms with van der Waals surface area (Å²) in [4.78, 5) is 10.1. The van der Waals surface area contributed by atoms with E-state index in [-0.39, 0.29) is 22.2 Å². The molecule has 0 saturated heterocycles. The highest BCUT2D eigenvalue weighted by atomic mass is 35.5. The molecule has 0 saturated carbocycles. The number of non-ortho nitro benzene ring substituents is 1. The Morgan fingerprint density at radius 2 is 1.90 bits per heavy atom. The number of rotatable bonds is 4. The van der Waals surface area contributed by atoms with Crippen LogP contribution in [0, 0.1) is 10.1 Å². The molecular weight excluding hydrogens is 284 g/mol. The molecule has 0 aliphatic rings. The number of phenolic OH excluding ortho intramolecular Hbond substituents is 2. The Bertz CT molecular complexity index is 661. The fourth-order valence-corrected chi connectivity index (χ4v) is 1.88. The van der Waals surface area contributed by atoms with Crippen molar-refractivity contribution in [2.45, 2.75) is 6.54 Å². The topological polar surface area (TPSA) is 95.6 Å². The van der Waals surface area contributed by atoms with Gasteiger partial charge >= 0.3 is 0 Å². The first-order valence-electron chi connectivity index (χ1n) is 5.66. The maximum absolute atomic E-state index is 10.6. The fourth-order valence-electron chi connectivity index (χ4n) is 1.64. The van der Waals surface area contributed by atoms with Crippen LogP contribution >= 0.6 is 11.6 Å². The van der Waals surface area contributed by atoms with Gasteiger partial charge in [-0.3, -0.25) is 10.1 Å². The molecule has 0 heterocycles. The number of benzene rings is 2. The second-order valence-corrected chi connectivity index (χ2v) is 4.51. The number of nitro groups is 1. The minimum absolute atomic E-state index is 0.0807. The van der Waals surface area contributed by atoms with Gasteiger partial charge < -0.3 is 15.5 Å². The van der Waals surface area contributed by atoms with E-state index in [1.165, 1.54) is 30.3 Å². The Labute approximate surface area is 119 Å². The van der Waals surface area contributed by atoms with Crippen LogP contribution < -0.4 is 5.32 Å². The van der Waals surface area contributed by atoms with Gasteiger partial charge in [0.15, 0.2) is 11.5 Å². The summed E-state index contributed by atoms with van der Waals surface area (Å²) < 4.78 is 0. The molecule has 6 nitrogen and oxygen atoms in total. The van der Waals surface area contributed by atoms with E-state index in [0.717, 1.165) is 5.56 Å². The van der Waals surface area contributed by atoms with E-state index in [1.54, 1.807) is 6.07 Å². The standard InChI is InChI=1S/C13H11ClN2O4/c14-10-6-9(16(19)20)2-3-11(10)15-7-8-1-4-12(17)13(18)5-8/h1-6,15,17-18H,7H2. The van der Waals surface area contributed by atoms with E-state index in [4.69, 9.17) is 11.6 Å². The Kier molecular flexibility index (Phi) is 3.95. The van der Waals surface area contributed by atoms with Crippen LogP contribution in [0.5, 0.6) is 11.5 Å². The van der Waals surface area contributed by atoms with Gasteiger partial charge in [0, 0.05) is 18.7 Å². The largest absolute Gasteiger partial charge is 0.504 e. The van der Waals surface area contributed by atoms with Crippen molar-refractivity contribution in [1.29, 1.82) is 0 Å². The van der Waals surface area contributed by atoms with Gasteiger partial charge in [0.25, 0.3) is 5.69 Å². The number of nitrogens with zero attached hydrogens (tertiary/aromatic N) is 1. The van der Waals surface area contributed by atoms with Crippen LogP contribution in [0.25, 0.3) is 0 Å². The van der Waals surface area contributed by atoms with Crippen LogP contribution in [-0.4, -0.2) is 15.1 Å². The number of halogens is 1.